The van der Waals surface area contributed by atoms with Gasteiger partial charge in [0, 0.05) is 18.1 Å². The van der Waals surface area contributed by atoms with Crippen molar-refractivity contribution < 1.29 is 14.0 Å². The van der Waals surface area contributed by atoms with Crippen LogP contribution in [0.15, 0.2) is 36.5 Å². The molecule has 0 amide bonds. The van der Waals surface area contributed by atoms with E-state index in [-0.39, 0.29) is 11.2 Å². The fourth-order valence-corrected chi connectivity index (χ4v) is 2.75. The number of nitrogens with zero attached hydrogens (tertiary/aromatic N) is 1. The third-order valence-electron chi connectivity index (χ3n) is 5.10. The summed E-state index contributed by atoms with van der Waals surface area (Å²) in [6.07, 6.45) is 2.42. The molecule has 0 aliphatic carbocycles. The van der Waals surface area contributed by atoms with Gasteiger partial charge >= 0.3 is 7.12 Å². The zero-order chi connectivity index (χ0) is 18.2. The van der Waals surface area contributed by atoms with Crippen molar-refractivity contribution in [3.63, 3.8) is 0 Å². The van der Waals surface area contributed by atoms with E-state index >= 15 is 0 Å². The first-order chi connectivity index (χ1) is 11.7. The molecule has 1 fully saturated rings. The summed E-state index contributed by atoms with van der Waals surface area (Å²) in [4.78, 5) is 4.34. The van der Waals surface area contributed by atoms with Gasteiger partial charge in [-0.05, 0) is 51.0 Å². The molecule has 3 rings (SSSR count). The Morgan fingerprint density at radius 1 is 1.08 bits per heavy atom. The number of benzene rings is 1. The standard InChI is InChI=1S/C19H25BN2O3/c1-18(2)19(3,4)25-20(24-18)15-11-14(17(21)22-12-15)10-13-6-8-16(23-5)9-7-13/h6-9,11-12H,10H2,1-5H3,(H2,21,22). The summed E-state index contributed by atoms with van der Waals surface area (Å²) in [5.41, 5.74) is 8.30. The highest BCUT2D eigenvalue weighted by Gasteiger charge is 2.51. The molecule has 2 N–H and O–H groups in total. The Hall–Kier alpha value is -2.05. The van der Waals surface area contributed by atoms with E-state index in [2.05, 4.69) is 4.98 Å². The average Bonchev–Trinajstić information content (AvgIpc) is 2.78. The van der Waals surface area contributed by atoms with Gasteiger partial charge in [0.05, 0.1) is 18.3 Å². The first-order valence-electron chi connectivity index (χ1n) is 8.45. The van der Waals surface area contributed by atoms with Crippen LogP contribution in [0.3, 0.4) is 0 Å². The minimum Gasteiger partial charge on any atom is -0.497 e. The largest absolute Gasteiger partial charge is 0.497 e. The van der Waals surface area contributed by atoms with E-state index in [9.17, 15) is 0 Å². The molecule has 25 heavy (non-hydrogen) atoms. The lowest BCUT2D eigenvalue weighted by atomic mass is 9.79. The van der Waals surface area contributed by atoms with Gasteiger partial charge in [-0.3, -0.25) is 0 Å². The van der Waals surface area contributed by atoms with Crippen molar-refractivity contribution in [2.45, 2.75) is 45.3 Å². The van der Waals surface area contributed by atoms with E-state index in [1.807, 2.05) is 58.0 Å². The molecule has 0 bridgehead atoms. The van der Waals surface area contributed by atoms with Crippen LogP contribution in [0.2, 0.25) is 0 Å². The second-order valence-corrected chi connectivity index (χ2v) is 7.43. The molecule has 5 nitrogen and oxygen atoms in total. The zero-order valence-electron chi connectivity index (χ0n) is 15.5. The van der Waals surface area contributed by atoms with Crippen LogP contribution in [0.25, 0.3) is 0 Å². The smallest absolute Gasteiger partial charge is 0.496 e. The van der Waals surface area contributed by atoms with E-state index in [0.717, 1.165) is 22.3 Å². The van der Waals surface area contributed by atoms with E-state index in [4.69, 9.17) is 19.8 Å². The summed E-state index contributed by atoms with van der Waals surface area (Å²) in [6.45, 7) is 8.15. The Labute approximate surface area is 149 Å². The van der Waals surface area contributed by atoms with Crippen molar-refractivity contribution >= 4 is 18.4 Å². The van der Waals surface area contributed by atoms with Crippen LogP contribution < -0.4 is 15.9 Å². The van der Waals surface area contributed by atoms with Crippen molar-refractivity contribution in [1.29, 1.82) is 0 Å². The summed E-state index contributed by atoms with van der Waals surface area (Å²) >= 11 is 0. The van der Waals surface area contributed by atoms with Crippen LogP contribution in [-0.4, -0.2) is 30.4 Å². The van der Waals surface area contributed by atoms with E-state index < -0.39 is 7.12 Å². The second-order valence-electron chi connectivity index (χ2n) is 7.43. The van der Waals surface area contributed by atoms with Crippen LogP contribution in [0.4, 0.5) is 5.82 Å². The van der Waals surface area contributed by atoms with Crippen molar-refractivity contribution in [2.24, 2.45) is 0 Å². The van der Waals surface area contributed by atoms with Gasteiger partial charge < -0.3 is 19.8 Å². The maximum absolute atomic E-state index is 6.11. The molecule has 1 aromatic heterocycles. The fraction of sp³-hybridized carbons (Fsp3) is 0.421. The Morgan fingerprint density at radius 2 is 1.68 bits per heavy atom. The number of aromatic nitrogens is 1. The molecule has 0 spiro atoms. The van der Waals surface area contributed by atoms with Gasteiger partial charge in [0.15, 0.2) is 0 Å². The van der Waals surface area contributed by atoms with E-state index in [0.29, 0.717) is 12.2 Å². The van der Waals surface area contributed by atoms with Crippen LogP contribution >= 0.6 is 0 Å². The lowest BCUT2D eigenvalue weighted by Gasteiger charge is -2.32. The number of ether oxygens (including phenoxy) is 1. The van der Waals surface area contributed by atoms with Gasteiger partial charge in [-0.1, -0.05) is 18.2 Å². The number of rotatable bonds is 4. The van der Waals surface area contributed by atoms with Gasteiger partial charge in [0.1, 0.15) is 11.6 Å². The quantitative estimate of drug-likeness (QED) is 0.867. The van der Waals surface area contributed by atoms with Crippen molar-refractivity contribution in [1.82, 2.24) is 4.98 Å². The maximum Gasteiger partial charge on any atom is 0.496 e. The molecule has 2 aromatic rings. The Kier molecular flexibility index (Phi) is 4.52. The van der Waals surface area contributed by atoms with E-state index in [1.54, 1.807) is 13.3 Å². The lowest BCUT2D eigenvalue weighted by molar-refractivity contribution is 0.00578. The third kappa shape index (κ3) is 3.50. The topological polar surface area (TPSA) is 66.6 Å². The minimum atomic E-state index is -0.437. The summed E-state index contributed by atoms with van der Waals surface area (Å²) in [7, 11) is 1.22. The minimum absolute atomic E-state index is 0.380. The molecule has 1 saturated heterocycles. The molecule has 2 heterocycles. The fourth-order valence-electron chi connectivity index (χ4n) is 2.75. The molecule has 6 heteroatoms. The summed E-state index contributed by atoms with van der Waals surface area (Å²) < 4.78 is 17.4. The number of nitrogen functional groups attached to an aromatic ring is 1. The van der Waals surface area contributed by atoms with Gasteiger partial charge in [0.25, 0.3) is 0 Å². The highest BCUT2D eigenvalue weighted by atomic mass is 16.7. The predicted octanol–water partition coefficient (Wildman–Crippen LogP) is 2.56. The second kappa shape index (κ2) is 6.35. The summed E-state index contributed by atoms with van der Waals surface area (Å²) in [6, 6.07) is 9.96. The molecular weight excluding hydrogens is 315 g/mol. The Morgan fingerprint density at radius 3 is 2.24 bits per heavy atom. The van der Waals surface area contributed by atoms with Gasteiger partial charge in [-0.15, -0.1) is 0 Å². The van der Waals surface area contributed by atoms with Crippen molar-refractivity contribution in [3.05, 3.63) is 47.7 Å². The molecule has 1 aromatic carbocycles. The Balaban J connectivity index is 1.83. The summed E-state index contributed by atoms with van der Waals surface area (Å²) in [5, 5.41) is 0. The molecule has 0 saturated carbocycles. The normalized spacial score (nSPS) is 18.4. The SMILES string of the molecule is COc1ccc(Cc2cc(B3OC(C)(C)C(C)(C)O3)cnc2N)cc1. The highest BCUT2D eigenvalue weighted by Crippen LogP contribution is 2.36. The molecular formula is C19H25BN2O3. The van der Waals surface area contributed by atoms with E-state index in [1.165, 1.54) is 0 Å². The monoisotopic (exact) mass is 340 g/mol. The van der Waals surface area contributed by atoms with Crippen LogP contribution in [0.1, 0.15) is 38.8 Å². The highest BCUT2D eigenvalue weighted by molar-refractivity contribution is 6.62. The first-order valence-corrected chi connectivity index (χ1v) is 8.45. The summed E-state index contributed by atoms with van der Waals surface area (Å²) in [5.74, 6) is 1.36. The third-order valence-corrected chi connectivity index (χ3v) is 5.10. The average molecular weight is 340 g/mol. The number of hydrogen-bond donors (Lipinski definition) is 1. The van der Waals surface area contributed by atoms with Crippen LogP contribution in [-0.2, 0) is 15.7 Å². The predicted molar refractivity (Wildman–Crippen MR) is 100 cm³/mol. The first kappa shape index (κ1) is 17.8. The number of anilines is 1. The lowest BCUT2D eigenvalue weighted by Crippen LogP contribution is -2.41. The van der Waals surface area contributed by atoms with Crippen molar-refractivity contribution in [3.8, 4) is 5.75 Å². The van der Waals surface area contributed by atoms with Gasteiger partial charge in [-0.25, -0.2) is 4.98 Å². The molecule has 1 aliphatic heterocycles. The Bertz CT molecular complexity index is 744. The number of pyridine rings is 1. The number of nitrogens with two attached hydrogens (primary N) is 1. The molecule has 132 valence electrons. The molecule has 0 unspecified atom stereocenters. The molecule has 0 radical (unpaired) electrons. The van der Waals surface area contributed by atoms with Crippen LogP contribution in [0, 0.1) is 0 Å². The van der Waals surface area contributed by atoms with Gasteiger partial charge in [0.2, 0.25) is 0 Å². The molecule has 1 aliphatic rings. The maximum atomic E-state index is 6.11. The van der Waals surface area contributed by atoms with Crippen molar-refractivity contribution in [2.75, 3.05) is 12.8 Å². The zero-order valence-corrected chi connectivity index (χ0v) is 15.5. The molecule has 0 atom stereocenters. The number of methoxy groups -OCH3 is 1. The van der Waals surface area contributed by atoms with Gasteiger partial charge in [-0.2, -0.15) is 0 Å². The number of hydrogen-bond acceptors (Lipinski definition) is 5. The van der Waals surface area contributed by atoms with Crippen LogP contribution in [0.5, 0.6) is 5.75 Å².